The molecule has 1 N–H and O–H groups in total. The highest BCUT2D eigenvalue weighted by Crippen LogP contribution is 2.28. The van der Waals surface area contributed by atoms with E-state index in [0.717, 1.165) is 0 Å². The van der Waals surface area contributed by atoms with Crippen molar-refractivity contribution in [3.05, 3.63) is 34.4 Å². The summed E-state index contributed by atoms with van der Waals surface area (Å²) in [6.07, 6.45) is 0. The normalized spacial score (nSPS) is 10.9. The van der Waals surface area contributed by atoms with Gasteiger partial charge in [0.2, 0.25) is 0 Å². The van der Waals surface area contributed by atoms with E-state index in [1.807, 2.05) is 13.8 Å². The molecule has 2 aromatic rings. The summed E-state index contributed by atoms with van der Waals surface area (Å²) in [5.41, 5.74) is 1.31. The number of rotatable bonds is 4. The molecule has 0 aliphatic carbocycles. The van der Waals surface area contributed by atoms with Gasteiger partial charge in [-0.3, -0.25) is 4.79 Å². The molecule has 5 nitrogen and oxygen atoms in total. The minimum Gasteiger partial charge on any atom is -0.460 e. The first-order chi connectivity index (χ1) is 9.02. The van der Waals surface area contributed by atoms with Crippen LogP contribution in [0.3, 0.4) is 0 Å². The molecule has 0 aliphatic rings. The number of hydrogen-bond acceptors (Lipinski definition) is 4. The van der Waals surface area contributed by atoms with E-state index >= 15 is 0 Å². The molecule has 1 aromatic heterocycles. The summed E-state index contributed by atoms with van der Waals surface area (Å²) in [4.78, 5) is 22.6. The Morgan fingerprint density at radius 3 is 2.79 bits per heavy atom. The van der Waals surface area contributed by atoms with E-state index in [-0.39, 0.29) is 11.6 Å². The van der Waals surface area contributed by atoms with Gasteiger partial charge in [0.1, 0.15) is 17.0 Å². The van der Waals surface area contributed by atoms with Crippen LogP contribution < -0.4 is 5.32 Å². The predicted octanol–water partition coefficient (Wildman–Crippen LogP) is 3.52. The van der Waals surface area contributed by atoms with Crippen LogP contribution in [0.25, 0.3) is 11.0 Å². The molecular weight excluding hydrogens is 244 g/mol. The first kappa shape index (κ1) is 13.3. The van der Waals surface area contributed by atoms with Crippen molar-refractivity contribution >= 4 is 22.6 Å². The molecule has 0 saturated carbocycles. The van der Waals surface area contributed by atoms with Gasteiger partial charge in [-0.1, -0.05) is 13.8 Å². The summed E-state index contributed by atoms with van der Waals surface area (Å²) in [5, 5.41) is 6.42. The van der Waals surface area contributed by atoms with E-state index in [0.29, 0.717) is 34.8 Å². The highest BCUT2D eigenvalue weighted by molar-refractivity contribution is 6.07. The molecule has 0 fully saturated rings. The number of carbonyl (C=O) groups is 1. The molecule has 1 aromatic carbocycles. The van der Waals surface area contributed by atoms with Gasteiger partial charge in [-0.15, -0.1) is 4.91 Å². The lowest BCUT2D eigenvalue weighted by atomic mass is 10.1. The third-order valence-corrected chi connectivity index (χ3v) is 2.85. The first-order valence-corrected chi connectivity index (χ1v) is 6.17. The van der Waals surface area contributed by atoms with Gasteiger partial charge in [0.15, 0.2) is 0 Å². The zero-order chi connectivity index (χ0) is 14.0. The standard InChI is InChI=1S/C14H16N2O3/c1-8(2)7-15-14(17)13-9(3)19-12-6-10(16-18)4-5-11(12)13/h4-6,8H,7H2,1-3H3,(H,15,17). The smallest absolute Gasteiger partial charge is 0.255 e. The second kappa shape index (κ2) is 5.22. The van der Waals surface area contributed by atoms with Gasteiger partial charge in [-0.25, -0.2) is 0 Å². The van der Waals surface area contributed by atoms with Crippen molar-refractivity contribution in [3.8, 4) is 0 Å². The van der Waals surface area contributed by atoms with Crippen LogP contribution in [0.1, 0.15) is 30.0 Å². The summed E-state index contributed by atoms with van der Waals surface area (Å²) in [6, 6.07) is 4.80. The van der Waals surface area contributed by atoms with Gasteiger partial charge < -0.3 is 9.73 Å². The fraction of sp³-hybridized carbons (Fsp3) is 0.357. The maximum Gasteiger partial charge on any atom is 0.255 e. The Morgan fingerprint density at radius 1 is 1.42 bits per heavy atom. The summed E-state index contributed by atoms with van der Waals surface area (Å²) in [5.74, 6) is 0.768. The number of benzene rings is 1. The van der Waals surface area contributed by atoms with Crippen LogP contribution in [0.15, 0.2) is 27.8 Å². The van der Waals surface area contributed by atoms with Crippen molar-refractivity contribution in [2.75, 3.05) is 6.54 Å². The quantitative estimate of drug-likeness (QED) is 0.855. The van der Waals surface area contributed by atoms with Gasteiger partial charge in [-0.2, -0.15) is 0 Å². The maximum absolute atomic E-state index is 12.1. The third-order valence-electron chi connectivity index (χ3n) is 2.85. The van der Waals surface area contributed by atoms with Crippen molar-refractivity contribution < 1.29 is 9.21 Å². The molecule has 0 aliphatic heterocycles. The molecular formula is C14H16N2O3. The zero-order valence-electron chi connectivity index (χ0n) is 11.2. The Kier molecular flexibility index (Phi) is 3.64. The molecule has 2 rings (SSSR count). The molecule has 19 heavy (non-hydrogen) atoms. The third kappa shape index (κ3) is 2.65. The second-order valence-electron chi connectivity index (χ2n) is 4.91. The first-order valence-electron chi connectivity index (χ1n) is 6.17. The lowest BCUT2D eigenvalue weighted by Gasteiger charge is -2.07. The van der Waals surface area contributed by atoms with E-state index in [9.17, 15) is 9.70 Å². The minimum absolute atomic E-state index is 0.156. The predicted molar refractivity (Wildman–Crippen MR) is 73.6 cm³/mol. The van der Waals surface area contributed by atoms with Crippen LogP contribution in [0, 0.1) is 17.7 Å². The molecule has 0 bridgehead atoms. The van der Waals surface area contributed by atoms with E-state index in [2.05, 4.69) is 10.5 Å². The lowest BCUT2D eigenvalue weighted by Crippen LogP contribution is -2.27. The topological polar surface area (TPSA) is 71.7 Å². The highest BCUT2D eigenvalue weighted by Gasteiger charge is 2.18. The average molecular weight is 260 g/mol. The van der Waals surface area contributed by atoms with Crippen molar-refractivity contribution in [3.63, 3.8) is 0 Å². The molecule has 0 saturated heterocycles. The average Bonchev–Trinajstić information content (AvgIpc) is 2.70. The van der Waals surface area contributed by atoms with E-state index in [4.69, 9.17) is 4.42 Å². The summed E-state index contributed by atoms with van der Waals surface area (Å²) < 4.78 is 5.51. The van der Waals surface area contributed by atoms with E-state index < -0.39 is 0 Å². The number of carbonyl (C=O) groups excluding carboxylic acids is 1. The monoisotopic (exact) mass is 260 g/mol. The Hall–Kier alpha value is -2.17. The van der Waals surface area contributed by atoms with Crippen molar-refractivity contribution in [2.24, 2.45) is 11.1 Å². The molecule has 0 atom stereocenters. The van der Waals surface area contributed by atoms with Gasteiger partial charge in [0.05, 0.1) is 5.56 Å². The minimum atomic E-state index is -0.156. The van der Waals surface area contributed by atoms with E-state index in [1.165, 1.54) is 6.07 Å². The Bertz CT molecular complexity index is 629. The number of hydrogen-bond donors (Lipinski definition) is 1. The van der Waals surface area contributed by atoms with Crippen molar-refractivity contribution in [1.29, 1.82) is 0 Å². The number of amides is 1. The Morgan fingerprint density at radius 2 is 2.16 bits per heavy atom. The molecule has 0 radical (unpaired) electrons. The molecule has 0 unspecified atom stereocenters. The maximum atomic E-state index is 12.1. The van der Waals surface area contributed by atoms with Crippen LogP contribution in [0.5, 0.6) is 0 Å². The van der Waals surface area contributed by atoms with Gasteiger partial charge in [0, 0.05) is 18.0 Å². The van der Waals surface area contributed by atoms with Crippen LogP contribution >= 0.6 is 0 Å². The fourth-order valence-electron chi connectivity index (χ4n) is 1.93. The van der Waals surface area contributed by atoms with Crippen LogP contribution in [0.2, 0.25) is 0 Å². The van der Waals surface area contributed by atoms with E-state index in [1.54, 1.807) is 19.1 Å². The largest absolute Gasteiger partial charge is 0.460 e. The van der Waals surface area contributed by atoms with Crippen LogP contribution in [-0.4, -0.2) is 12.5 Å². The number of nitrogens with zero attached hydrogens (tertiary/aromatic N) is 1. The van der Waals surface area contributed by atoms with Crippen LogP contribution in [0.4, 0.5) is 5.69 Å². The highest BCUT2D eigenvalue weighted by atomic mass is 16.3. The SMILES string of the molecule is Cc1oc2cc(N=O)ccc2c1C(=O)NCC(C)C. The van der Waals surface area contributed by atoms with Gasteiger partial charge in [0.25, 0.3) is 5.91 Å². The molecule has 100 valence electrons. The van der Waals surface area contributed by atoms with Crippen LogP contribution in [-0.2, 0) is 0 Å². The molecule has 5 heteroatoms. The van der Waals surface area contributed by atoms with Crippen molar-refractivity contribution in [1.82, 2.24) is 5.32 Å². The zero-order valence-corrected chi connectivity index (χ0v) is 11.2. The van der Waals surface area contributed by atoms with Gasteiger partial charge >= 0.3 is 0 Å². The number of fused-ring (bicyclic) bond motifs is 1. The number of aryl methyl sites for hydroxylation is 1. The lowest BCUT2D eigenvalue weighted by molar-refractivity contribution is 0.0949. The number of nitroso groups, excluding NO2 is 1. The van der Waals surface area contributed by atoms with Gasteiger partial charge in [-0.05, 0) is 30.2 Å². The molecule has 0 spiro atoms. The summed E-state index contributed by atoms with van der Waals surface area (Å²) in [6.45, 7) is 6.41. The summed E-state index contributed by atoms with van der Waals surface area (Å²) in [7, 11) is 0. The second-order valence-corrected chi connectivity index (χ2v) is 4.91. The van der Waals surface area contributed by atoms with Crippen molar-refractivity contribution in [2.45, 2.75) is 20.8 Å². The Labute approximate surface area is 111 Å². The number of nitrogens with one attached hydrogen (secondary N) is 1. The Balaban J connectivity index is 2.40. The molecule has 1 amide bonds. The fourth-order valence-corrected chi connectivity index (χ4v) is 1.93. The number of furan rings is 1. The molecule has 1 heterocycles. The summed E-state index contributed by atoms with van der Waals surface area (Å²) >= 11 is 0.